The van der Waals surface area contributed by atoms with Crippen LogP contribution in [0.1, 0.15) is 0 Å². The molecule has 72 valence electrons. The van der Waals surface area contributed by atoms with E-state index in [1.807, 2.05) is 0 Å². The number of ether oxygens (including phenoxy) is 4. The minimum Gasteiger partial charge on any atom is -0.652 e. The molecule has 0 aromatic carbocycles. The molecule has 2 aliphatic heterocycles. The van der Waals surface area contributed by atoms with E-state index in [0.29, 0.717) is 0 Å². The molecule has 2 aliphatic rings. The fraction of sp³-hybridized carbons (Fsp3) is 0.250. The Morgan fingerprint density at radius 3 is 1.36 bits per heavy atom. The molecule has 2 heterocycles. The van der Waals surface area contributed by atoms with Crippen LogP contribution in [0.2, 0.25) is 0 Å². The Balaban J connectivity index is 0.000000299. The van der Waals surface area contributed by atoms with Crippen LogP contribution < -0.4 is 10.2 Å². The van der Waals surface area contributed by atoms with E-state index in [-0.39, 0.29) is 10.1 Å². The van der Waals surface area contributed by atoms with Gasteiger partial charge in [-0.1, -0.05) is 0 Å². The Kier molecular flexibility index (Phi) is 3.24. The molecule has 0 unspecified atom stereocenters. The maximum absolute atomic E-state index is 9.90. The molecule has 9 nitrogen and oxygen atoms in total. The van der Waals surface area contributed by atoms with Crippen LogP contribution in [0.15, 0.2) is 0 Å². The van der Waals surface area contributed by atoms with Crippen molar-refractivity contribution in [2.24, 2.45) is 0 Å². The van der Waals surface area contributed by atoms with E-state index in [9.17, 15) is 9.59 Å². The zero-order valence-corrected chi connectivity index (χ0v) is 6.38. The standard InChI is InChI=1S/C3O6.CH2O3.Be/c4-1-6-3(7-1)8-2(5)9-3;2-1(3)4;/h;(H2,2,3,4);/q;;+2/p-2. The Labute approximate surface area is 79.3 Å². The van der Waals surface area contributed by atoms with Gasteiger partial charge >= 0.3 is 28.6 Å². The second-order valence-corrected chi connectivity index (χ2v) is 1.66. The van der Waals surface area contributed by atoms with Gasteiger partial charge < -0.3 is 34.0 Å². The van der Waals surface area contributed by atoms with Crippen LogP contribution in [-0.2, 0) is 18.9 Å². The Morgan fingerprint density at radius 1 is 1.00 bits per heavy atom. The van der Waals surface area contributed by atoms with E-state index < -0.39 is 24.6 Å². The Morgan fingerprint density at radius 2 is 1.21 bits per heavy atom. The fourth-order valence-corrected chi connectivity index (χ4v) is 0.507. The predicted molar refractivity (Wildman–Crippen MR) is 29.0 cm³/mol. The second-order valence-electron chi connectivity index (χ2n) is 1.66. The van der Waals surface area contributed by atoms with E-state index in [1.165, 1.54) is 0 Å². The van der Waals surface area contributed by atoms with Crippen molar-refractivity contribution >= 4 is 28.6 Å². The number of hydrogen-bond donors (Lipinski definition) is 0. The average molecular weight is 201 g/mol. The van der Waals surface area contributed by atoms with Gasteiger partial charge in [0.1, 0.15) is 0 Å². The molecular formula is C4BeO9. The molecule has 2 fully saturated rings. The topological polar surface area (TPSA) is 134 Å². The third-order valence-electron chi connectivity index (χ3n) is 0.833. The summed E-state index contributed by atoms with van der Waals surface area (Å²) < 4.78 is 16.4. The smallest absolute Gasteiger partial charge is 0.652 e. The minimum atomic E-state index is -2.33. The molecule has 0 aromatic heterocycles. The molecular weight excluding hydrogens is 201 g/mol. The molecule has 2 rings (SSSR count). The van der Waals surface area contributed by atoms with Crippen LogP contribution in [0.4, 0.5) is 14.4 Å². The molecule has 0 bridgehead atoms. The third kappa shape index (κ3) is 2.49. The van der Waals surface area contributed by atoms with E-state index in [4.69, 9.17) is 15.0 Å². The zero-order valence-electron chi connectivity index (χ0n) is 6.38. The number of carboxylic acid groups (broad SMARTS) is 2. The predicted octanol–water partition coefficient (Wildman–Crippen LogP) is -2.90. The Hall–Kier alpha value is -2.02. The molecule has 10 heteroatoms. The van der Waals surface area contributed by atoms with Gasteiger partial charge in [0.05, 0.1) is 0 Å². The molecule has 14 heavy (non-hydrogen) atoms. The minimum absolute atomic E-state index is 0. The van der Waals surface area contributed by atoms with Crippen molar-refractivity contribution in [3.05, 3.63) is 0 Å². The average Bonchev–Trinajstić information content (AvgIpc) is 1.79. The number of rotatable bonds is 0. The molecule has 0 aliphatic carbocycles. The van der Waals surface area contributed by atoms with E-state index in [1.54, 1.807) is 0 Å². The van der Waals surface area contributed by atoms with Gasteiger partial charge in [-0.05, 0) is 6.16 Å². The van der Waals surface area contributed by atoms with Crippen LogP contribution >= 0.6 is 0 Å². The second kappa shape index (κ2) is 3.79. The van der Waals surface area contributed by atoms with Crippen molar-refractivity contribution in [3.8, 4) is 0 Å². The van der Waals surface area contributed by atoms with Crippen molar-refractivity contribution in [3.63, 3.8) is 0 Å². The molecule has 0 amide bonds. The summed E-state index contributed by atoms with van der Waals surface area (Å²) in [5.41, 5.74) is 0. The van der Waals surface area contributed by atoms with Crippen molar-refractivity contribution in [2.45, 2.75) is 6.16 Å². The van der Waals surface area contributed by atoms with Crippen molar-refractivity contribution in [1.82, 2.24) is 0 Å². The summed E-state index contributed by atoms with van der Waals surface area (Å²) in [5, 5.41) is 16.7. The molecule has 2 saturated heterocycles. The van der Waals surface area contributed by atoms with E-state index >= 15 is 0 Å². The molecule has 0 radical (unpaired) electrons. The largest absolute Gasteiger partial charge is 2.00 e. The third-order valence-corrected chi connectivity index (χ3v) is 0.833. The van der Waals surface area contributed by atoms with Crippen LogP contribution in [0.3, 0.4) is 0 Å². The first-order valence-corrected chi connectivity index (χ1v) is 2.65. The maximum Gasteiger partial charge on any atom is 2.00 e. The van der Waals surface area contributed by atoms with Gasteiger partial charge in [-0.3, -0.25) is 0 Å². The number of carbonyl (C=O) groups excluding carboxylic acids is 3. The van der Waals surface area contributed by atoms with Crippen LogP contribution in [0.25, 0.3) is 0 Å². The van der Waals surface area contributed by atoms with Crippen LogP contribution in [-0.4, -0.2) is 34.7 Å². The van der Waals surface area contributed by atoms with Crippen molar-refractivity contribution < 1.29 is 43.5 Å². The van der Waals surface area contributed by atoms with Gasteiger partial charge in [0, 0.05) is 0 Å². The summed E-state index contributed by atoms with van der Waals surface area (Å²) in [6.07, 6.45) is -5.97. The quantitative estimate of drug-likeness (QED) is 0.298. The van der Waals surface area contributed by atoms with E-state index in [2.05, 4.69) is 18.9 Å². The summed E-state index contributed by atoms with van der Waals surface area (Å²) in [6.45, 7) is 0. The molecule has 0 N–H and O–H groups in total. The van der Waals surface area contributed by atoms with Crippen molar-refractivity contribution in [2.75, 3.05) is 0 Å². The van der Waals surface area contributed by atoms with E-state index in [0.717, 1.165) is 0 Å². The van der Waals surface area contributed by atoms with Gasteiger partial charge in [0.25, 0.3) is 0 Å². The summed E-state index contributed by atoms with van der Waals surface area (Å²) >= 11 is 0. The summed E-state index contributed by atoms with van der Waals surface area (Å²) in [7, 11) is 0. The molecule has 0 aromatic rings. The number of carbonyl (C=O) groups is 3. The van der Waals surface area contributed by atoms with Gasteiger partial charge in [0.15, 0.2) is 0 Å². The Bertz CT molecular complexity index is 226. The van der Waals surface area contributed by atoms with Gasteiger partial charge in [-0.25, -0.2) is 9.59 Å². The normalized spacial score (nSPS) is 18.6. The summed E-state index contributed by atoms with van der Waals surface area (Å²) in [6, 6.07) is 0. The summed E-state index contributed by atoms with van der Waals surface area (Å²) in [5.74, 6) is 0. The first kappa shape index (κ1) is 12.0. The van der Waals surface area contributed by atoms with Gasteiger partial charge in [0.2, 0.25) is 0 Å². The molecule has 0 saturated carbocycles. The van der Waals surface area contributed by atoms with Crippen LogP contribution in [0.5, 0.6) is 0 Å². The summed E-state index contributed by atoms with van der Waals surface area (Å²) in [4.78, 5) is 28.1. The molecule has 1 spiro atoms. The maximum atomic E-state index is 9.90. The fourth-order valence-electron chi connectivity index (χ4n) is 0.507. The number of hydrogen-bond acceptors (Lipinski definition) is 9. The molecule has 0 atom stereocenters. The SMILES string of the molecule is O=C([O-])[O-].O=C1OC2(O1)OC(=O)O2.[Be+2]. The van der Waals surface area contributed by atoms with Gasteiger partial charge in [-0.2, -0.15) is 0 Å². The monoisotopic (exact) mass is 201 g/mol. The van der Waals surface area contributed by atoms with Crippen LogP contribution in [0, 0.1) is 0 Å². The first-order chi connectivity index (χ1) is 5.93. The zero-order chi connectivity index (χ0) is 10.1. The van der Waals surface area contributed by atoms with Crippen molar-refractivity contribution in [1.29, 1.82) is 0 Å². The first-order valence-electron chi connectivity index (χ1n) is 2.65. The van der Waals surface area contributed by atoms with Gasteiger partial charge in [-0.15, -0.1) is 0 Å².